The molecule has 0 atom stereocenters. The average molecular weight is 169 g/mol. The van der Waals surface area contributed by atoms with E-state index in [9.17, 15) is 0 Å². The molecule has 9 nitrogen and oxygen atoms in total. The zero-order valence-electron chi connectivity index (χ0n) is 5.62. The molecule has 62 valence electrons. The molecule has 1 rings (SSSR count). The van der Waals surface area contributed by atoms with Gasteiger partial charge in [0.2, 0.25) is 5.82 Å². The van der Waals surface area contributed by atoms with E-state index in [4.69, 9.17) is 16.5 Å². The minimum atomic E-state index is -0.335. The van der Waals surface area contributed by atoms with Crippen molar-refractivity contribution in [1.29, 1.82) is 0 Å². The molecular formula is C3H3N7O2. The number of aromatic nitrogens is 2. The Balaban J connectivity index is 3.15. The van der Waals surface area contributed by atoms with E-state index in [1.54, 1.807) is 0 Å². The van der Waals surface area contributed by atoms with Gasteiger partial charge >= 0.3 is 0 Å². The van der Waals surface area contributed by atoms with Crippen LogP contribution in [0.4, 0.5) is 5.82 Å². The van der Waals surface area contributed by atoms with Crippen molar-refractivity contribution in [3.63, 3.8) is 0 Å². The number of amidine groups is 1. The van der Waals surface area contributed by atoms with Crippen LogP contribution in [0.25, 0.3) is 10.4 Å². The van der Waals surface area contributed by atoms with Gasteiger partial charge in [0, 0.05) is 4.91 Å². The maximum atomic E-state index is 8.22. The monoisotopic (exact) mass is 169 g/mol. The SMILES string of the molecule is [N-]=[N+]=Nc1nonc1C(N)=NO. The van der Waals surface area contributed by atoms with E-state index in [-0.39, 0.29) is 17.3 Å². The van der Waals surface area contributed by atoms with Crippen LogP contribution in [0.1, 0.15) is 5.69 Å². The quantitative estimate of drug-likeness (QED) is 0.122. The van der Waals surface area contributed by atoms with E-state index in [0.29, 0.717) is 0 Å². The van der Waals surface area contributed by atoms with Crippen molar-refractivity contribution in [3.8, 4) is 0 Å². The lowest BCUT2D eigenvalue weighted by atomic mass is 10.4. The molecule has 0 amide bonds. The second kappa shape index (κ2) is 3.21. The largest absolute Gasteiger partial charge is 0.409 e. The Hall–Kier alpha value is -2.28. The summed E-state index contributed by atoms with van der Waals surface area (Å²) in [7, 11) is 0. The molecule has 0 fully saturated rings. The van der Waals surface area contributed by atoms with Gasteiger partial charge in [-0.15, -0.1) is 0 Å². The fourth-order valence-electron chi connectivity index (χ4n) is 0.501. The molecule has 0 aliphatic carbocycles. The van der Waals surface area contributed by atoms with Crippen molar-refractivity contribution in [2.24, 2.45) is 16.0 Å². The lowest BCUT2D eigenvalue weighted by Crippen LogP contribution is -2.13. The predicted molar refractivity (Wildman–Crippen MR) is 35.6 cm³/mol. The fraction of sp³-hybridized carbons (Fsp3) is 0. The summed E-state index contributed by atoms with van der Waals surface area (Å²) in [5.74, 6) is -0.508. The molecule has 1 aromatic rings. The van der Waals surface area contributed by atoms with Gasteiger partial charge in [0.05, 0.1) is 0 Å². The van der Waals surface area contributed by atoms with E-state index in [2.05, 4.69) is 30.1 Å². The Morgan fingerprint density at radius 3 is 3.00 bits per heavy atom. The molecule has 0 spiro atoms. The number of rotatable bonds is 2. The molecule has 0 unspecified atom stereocenters. The normalized spacial score (nSPS) is 10.8. The number of hydrogen-bond donors (Lipinski definition) is 2. The molecule has 9 heteroatoms. The van der Waals surface area contributed by atoms with Crippen LogP contribution in [-0.2, 0) is 0 Å². The summed E-state index contributed by atoms with van der Waals surface area (Å²) >= 11 is 0. The fourth-order valence-corrected chi connectivity index (χ4v) is 0.501. The Morgan fingerprint density at radius 1 is 1.67 bits per heavy atom. The molecule has 0 aliphatic heterocycles. The summed E-state index contributed by atoms with van der Waals surface area (Å²) in [6.45, 7) is 0. The number of hydrogen-bond acceptors (Lipinski definition) is 6. The van der Waals surface area contributed by atoms with Gasteiger partial charge in [-0.25, -0.2) is 4.63 Å². The van der Waals surface area contributed by atoms with Crippen LogP contribution in [0, 0.1) is 0 Å². The second-order valence-electron chi connectivity index (χ2n) is 1.61. The van der Waals surface area contributed by atoms with Gasteiger partial charge in [-0.3, -0.25) is 0 Å². The van der Waals surface area contributed by atoms with Crippen LogP contribution in [-0.4, -0.2) is 21.4 Å². The average Bonchev–Trinajstić information content (AvgIpc) is 2.52. The first-order valence-electron chi connectivity index (χ1n) is 2.65. The van der Waals surface area contributed by atoms with Gasteiger partial charge < -0.3 is 10.9 Å². The Kier molecular flexibility index (Phi) is 2.09. The van der Waals surface area contributed by atoms with Crippen molar-refractivity contribution >= 4 is 11.7 Å². The molecule has 3 N–H and O–H groups in total. The molecule has 1 heterocycles. The van der Waals surface area contributed by atoms with Gasteiger partial charge in [-0.1, -0.05) is 5.16 Å². The van der Waals surface area contributed by atoms with E-state index >= 15 is 0 Å². The summed E-state index contributed by atoms with van der Waals surface area (Å²) in [5.41, 5.74) is 13.0. The Morgan fingerprint density at radius 2 is 2.42 bits per heavy atom. The second-order valence-corrected chi connectivity index (χ2v) is 1.61. The number of oxime groups is 1. The van der Waals surface area contributed by atoms with Gasteiger partial charge in [0.1, 0.15) is 0 Å². The minimum absolute atomic E-state index is 0.102. The summed E-state index contributed by atoms with van der Waals surface area (Å²) < 4.78 is 4.18. The molecule has 1 aromatic heterocycles. The molecular weight excluding hydrogens is 166 g/mol. The van der Waals surface area contributed by atoms with Crippen molar-refractivity contribution in [2.75, 3.05) is 0 Å². The smallest absolute Gasteiger partial charge is 0.202 e. The number of nitrogens with two attached hydrogens (primary N) is 1. The Bertz CT molecular complexity index is 347. The highest BCUT2D eigenvalue weighted by atomic mass is 16.6. The maximum Gasteiger partial charge on any atom is 0.202 e. The summed E-state index contributed by atoms with van der Waals surface area (Å²) in [5, 5.41) is 20.4. The van der Waals surface area contributed by atoms with Gasteiger partial charge in [0.15, 0.2) is 11.5 Å². The summed E-state index contributed by atoms with van der Waals surface area (Å²) in [6.07, 6.45) is 0. The van der Waals surface area contributed by atoms with Crippen molar-refractivity contribution < 1.29 is 9.84 Å². The van der Waals surface area contributed by atoms with E-state index in [0.717, 1.165) is 0 Å². The lowest BCUT2D eigenvalue weighted by molar-refractivity contribution is 0.304. The van der Waals surface area contributed by atoms with E-state index in [1.165, 1.54) is 0 Å². The highest BCUT2D eigenvalue weighted by Gasteiger charge is 2.11. The first kappa shape index (κ1) is 7.82. The predicted octanol–water partition coefficient (Wildman–Crippen LogP) is 0.106. The first-order valence-corrected chi connectivity index (χ1v) is 2.65. The number of nitrogens with zero attached hydrogens (tertiary/aromatic N) is 6. The molecule has 0 aliphatic rings. The third kappa shape index (κ3) is 1.25. The minimum Gasteiger partial charge on any atom is -0.409 e. The molecule has 0 radical (unpaired) electrons. The number of azide groups is 1. The van der Waals surface area contributed by atoms with E-state index < -0.39 is 0 Å². The molecule has 0 saturated heterocycles. The van der Waals surface area contributed by atoms with Crippen LogP contribution in [0.5, 0.6) is 0 Å². The lowest BCUT2D eigenvalue weighted by Gasteiger charge is -1.87. The Labute approximate surface area is 65.0 Å². The van der Waals surface area contributed by atoms with Gasteiger partial charge in [-0.2, -0.15) is 0 Å². The van der Waals surface area contributed by atoms with Crippen molar-refractivity contribution in [2.45, 2.75) is 0 Å². The van der Waals surface area contributed by atoms with Crippen LogP contribution in [0.15, 0.2) is 14.9 Å². The van der Waals surface area contributed by atoms with Crippen LogP contribution < -0.4 is 5.73 Å². The summed E-state index contributed by atoms with van der Waals surface area (Å²) in [4.78, 5) is 2.43. The zero-order valence-corrected chi connectivity index (χ0v) is 5.62. The standard InChI is InChI=1S/C3H3N7O2/c4-2(7-11)1-3(6-10-5)9-12-8-1/h11H,(H2,4,7). The first-order chi connectivity index (χ1) is 5.79. The zero-order chi connectivity index (χ0) is 8.97. The highest BCUT2D eigenvalue weighted by Crippen LogP contribution is 2.12. The molecule has 0 aromatic carbocycles. The van der Waals surface area contributed by atoms with E-state index in [1.807, 2.05) is 0 Å². The molecule has 12 heavy (non-hydrogen) atoms. The van der Waals surface area contributed by atoms with Gasteiger partial charge in [0.25, 0.3) is 0 Å². The van der Waals surface area contributed by atoms with Crippen LogP contribution in [0.3, 0.4) is 0 Å². The van der Waals surface area contributed by atoms with Gasteiger partial charge in [-0.05, 0) is 21.0 Å². The highest BCUT2D eigenvalue weighted by molar-refractivity contribution is 5.98. The topological polar surface area (TPSA) is 146 Å². The third-order valence-corrected chi connectivity index (χ3v) is 0.961. The van der Waals surface area contributed by atoms with Crippen LogP contribution in [0.2, 0.25) is 0 Å². The third-order valence-electron chi connectivity index (χ3n) is 0.961. The van der Waals surface area contributed by atoms with Crippen molar-refractivity contribution in [3.05, 3.63) is 16.1 Å². The maximum absolute atomic E-state index is 8.22. The summed E-state index contributed by atoms with van der Waals surface area (Å²) in [6, 6.07) is 0. The van der Waals surface area contributed by atoms with Crippen molar-refractivity contribution in [1.82, 2.24) is 10.3 Å². The van der Waals surface area contributed by atoms with Crippen LogP contribution >= 0.6 is 0 Å². The molecule has 0 saturated carbocycles. The molecule has 0 bridgehead atoms.